The molecule has 4 aromatic carbocycles. The topological polar surface area (TPSA) is 68.3 Å². The smallest absolute Gasteiger partial charge is 0.194 e. The monoisotopic (exact) mass is 450 g/mol. The SMILES string of the molecule is O=C1c2ccccc2C(=O)c2cc(Cl)ccc21.O=C1c2ccccc2C(=O)c2ccccc21. The van der Waals surface area contributed by atoms with Gasteiger partial charge >= 0.3 is 0 Å². The normalized spacial score (nSPS) is 13.2. The maximum Gasteiger partial charge on any atom is 0.194 e. The number of fused-ring (bicyclic) bond motifs is 4. The van der Waals surface area contributed by atoms with Crippen LogP contribution in [0.2, 0.25) is 5.02 Å². The van der Waals surface area contributed by atoms with E-state index >= 15 is 0 Å². The third-order valence-corrected chi connectivity index (χ3v) is 5.95. The number of ketones is 4. The van der Waals surface area contributed by atoms with Crippen molar-refractivity contribution in [3.8, 4) is 0 Å². The van der Waals surface area contributed by atoms with Crippen molar-refractivity contribution in [3.05, 3.63) is 141 Å². The Balaban J connectivity index is 0.000000139. The van der Waals surface area contributed by atoms with Crippen molar-refractivity contribution < 1.29 is 19.2 Å². The van der Waals surface area contributed by atoms with E-state index in [9.17, 15) is 19.2 Å². The van der Waals surface area contributed by atoms with Crippen molar-refractivity contribution in [1.29, 1.82) is 0 Å². The van der Waals surface area contributed by atoms with Crippen LogP contribution in [0, 0.1) is 0 Å². The predicted octanol–water partition coefficient (Wildman–Crippen LogP) is 5.58. The summed E-state index contributed by atoms with van der Waals surface area (Å²) >= 11 is 5.85. The van der Waals surface area contributed by atoms with E-state index in [-0.39, 0.29) is 23.1 Å². The third-order valence-electron chi connectivity index (χ3n) is 5.72. The lowest BCUT2D eigenvalue weighted by atomic mass is 9.84. The molecule has 2 aliphatic carbocycles. The van der Waals surface area contributed by atoms with Gasteiger partial charge in [-0.05, 0) is 18.2 Å². The highest BCUT2D eigenvalue weighted by molar-refractivity contribution is 6.33. The lowest BCUT2D eigenvalue weighted by Gasteiger charge is -2.16. The van der Waals surface area contributed by atoms with Crippen LogP contribution in [-0.4, -0.2) is 23.1 Å². The molecule has 5 heteroatoms. The molecule has 0 saturated heterocycles. The molecule has 0 heterocycles. The molecule has 0 aliphatic heterocycles. The zero-order chi connectivity index (χ0) is 23.1. The van der Waals surface area contributed by atoms with Crippen LogP contribution in [0.3, 0.4) is 0 Å². The summed E-state index contributed by atoms with van der Waals surface area (Å²) in [6.07, 6.45) is 0. The molecule has 158 valence electrons. The molecule has 2 aliphatic rings. The first kappa shape index (κ1) is 20.7. The zero-order valence-corrected chi connectivity index (χ0v) is 17.9. The van der Waals surface area contributed by atoms with Crippen LogP contribution >= 0.6 is 11.6 Å². The van der Waals surface area contributed by atoms with Gasteiger partial charge in [0.2, 0.25) is 0 Å². The first-order valence-corrected chi connectivity index (χ1v) is 10.6. The lowest BCUT2D eigenvalue weighted by Crippen LogP contribution is -2.20. The minimum Gasteiger partial charge on any atom is -0.289 e. The van der Waals surface area contributed by atoms with E-state index in [2.05, 4.69) is 0 Å². The molecular weight excluding hydrogens is 436 g/mol. The van der Waals surface area contributed by atoms with Gasteiger partial charge in [0.1, 0.15) is 0 Å². The number of carbonyl (C=O) groups is 4. The molecule has 0 bridgehead atoms. The highest BCUT2D eigenvalue weighted by Crippen LogP contribution is 2.29. The Kier molecular flexibility index (Phi) is 5.08. The molecule has 0 radical (unpaired) electrons. The highest BCUT2D eigenvalue weighted by Gasteiger charge is 2.29. The molecule has 0 saturated carbocycles. The fraction of sp³-hybridized carbons (Fsp3) is 0. The number of hydrogen-bond donors (Lipinski definition) is 0. The van der Waals surface area contributed by atoms with E-state index in [0.29, 0.717) is 49.5 Å². The predicted molar refractivity (Wildman–Crippen MR) is 125 cm³/mol. The fourth-order valence-corrected chi connectivity index (χ4v) is 4.29. The molecule has 4 nitrogen and oxygen atoms in total. The summed E-state index contributed by atoms with van der Waals surface area (Å²) in [5.41, 5.74) is 3.76. The van der Waals surface area contributed by atoms with Crippen LogP contribution in [0.5, 0.6) is 0 Å². The highest BCUT2D eigenvalue weighted by atomic mass is 35.5. The second kappa shape index (κ2) is 8.08. The number of hydrogen-bond acceptors (Lipinski definition) is 4. The van der Waals surface area contributed by atoms with Crippen molar-refractivity contribution >= 4 is 34.7 Å². The van der Waals surface area contributed by atoms with E-state index in [1.807, 2.05) is 0 Å². The van der Waals surface area contributed by atoms with Gasteiger partial charge in [0.15, 0.2) is 23.1 Å². The van der Waals surface area contributed by atoms with Crippen molar-refractivity contribution in [2.24, 2.45) is 0 Å². The summed E-state index contributed by atoms with van der Waals surface area (Å²) in [7, 11) is 0. The summed E-state index contributed by atoms with van der Waals surface area (Å²) in [4.78, 5) is 48.6. The van der Waals surface area contributed by atoms with Gasteiger partial charge in [0.25, 0.3) is 0 Å². The molecule has 0 aromatic heterocycles. The average molecular weight is 451 g/mol. The molecule has 0 N–H and O–H groups in total. The molecule has 4 aromatic rings. The standard InChI is InChI=1S/C14H7ClO2.C14H8O2/c15-8-5-6-11-12(7-8)14(17)10-4-2-1-3-9(10)13(11)16;15-13-9-5-1-2-6-10(9)14(16)12-8-4-3-7-11(12)13/h1-7H;1-8H. The number of rotatable bonds is 0. The van der Waals surface area contributed by atoms with E-state index in [4.69, 9.17) is 11.6 Å². The van der Waals surface area contributed by atoms with Gasteiger partial charge in [0.05, 0.1) is 0 Å². The van der Waals surface area contributed by atoms with E-state index in [0.717, 1.165) is 0 Å². The van der Waals surface area contributed by atoms with Crippen molar-refractivity contribution in [1.82, 2.24) is 0 Å². The van der Waals surface area contributed by atoms with Crippen LogP contribution in [-0.2, 0) is 0 Å². The maximum atomic E-state index is 12.2. The van der Waals surface area contributed by atoms with E-state index in [1.54, 1.807) is 91.0 Å². The molecule has 0 unspecified atom stereocenters. The van der Waals surface area contributed by atoms with Crippen LogP contribution in [0.25, 0.3) is 0 Å². The largest absolute Gasteiger partial charge is 0.289 e. The van der Waals surface area contributed by atoms with Gasteiger partial charge in [0, 0.05) is 49.5 Å². The van der Waals surface area contributed by atoms with Crippen LogP contribution in [0.1, 0.15) is 63.7 Å². The van der Waals surface area contributed by atoms with Gasteiger partial charge in [-0.3, -0.25) is 19.2 Å². The summed E-state index contributed by atoms with van der Waals surface area (Å²) in [6, 6.07) is 25.5. The molecule has 0 spiro atoms. The first-order chi connectivity index (χ1) is 16.0. The van der Waals surface area contributed by atoms with Gasteiger partial charge in [-0.2, -0.15) is 0 Å². The molecule has 33 heavy (non-hydrogen) atoms. The Labute approximate surface area is 194 Å². The maximum absolute atomic E-state index is 12.2. The molecule has 0 fully saturated rings. The van der Waals surface area contributed by atoms with Gasteiger partial charge in [-0.15, -0.1) is 0 Å². The molecule has 0 amide bonds. The van der Waals surface area contributed by atoms with Crippen molar-refractivity contribution in [3.63, 3.8) is 0 Å². The first-order valence-electron chi connectivity index (χ1n) is 10.2. The summed E-state index contributed by atoms with van der Waals surface area (Å²) in [5, 5.41) is 0.462. The second-order valence-electron chi connectivity index (χ2n) is 7.64. The Bertz CT molecular complexity index is 1390. The molecule has 6 rings (SSSR count). The van der Waals surface area contributed by atoms with E-state index < -0.39 is 0 Å². The Morgan fingerprint density at radius 1 is 0.364 bits per heavy atom. The summed E-state index contributed by atoms with van der Waals surface area (Å²) in [6.45, 7) is 0. The number of halogens is 1. The van der Waals surface area contributed by atoms with Gasteiger partial charge < -0.3 is 0 Å². The van der Waals surface area contributed by atoms with Crippen LogP contribution in [0.15, 0.2) is 91.0 Å². The Morgan fingerprint density at radius 2 is 0.636 bits per heavy atom. The second-order valence-corrected chi connectivity index (χ2v) is 8.08. The fourth-order valence-electron chi connectivity index (χ4n) is 4.12. The minimum absolute atomic E-state index is 0.0641. The third kappa shape index (κ3) is 3.41. The van der Waals surface area contributed by atoms with Crippen molar-refractivity contribution in [2.75, 3.05) is 0 Å². The number of benzene rings is 4. The quantitative estimate of drug-likeness (QED) is 0.303. The Morgan fingerprint density at radius 3 is 0.970 bits per heavy atom. The van der Waals surface area contributed by atoms with Gasteiger partial charge in [-0.25, -0.2) is 0 Å². The van der Waals surface area contributed by atoms with Crippen LogP contribution in [0.4, 0.5) is 0 Å². The average Bonchev–Trinajstić information content (AvgIpc) is 2.86. The molecule has 0 atom stereocenters. The summed E-state index contributed by atoms with van der Waals surface area (Å²) < 4.78 is 0. The minimum atomic E-state index is -0.141. The molecular formula is C28H15ClO4. The van der Waals surface area contributed by atoms with Crippen LogP contribution < -0.4 is 0 Å². The summed E-state index contributed by atoms with van der Waals surface area (Å²) in [5.74, 6) is -0.388. The van der Waals surface area contributed by atoms with Crippen molar-refractivity contribution in [2.45, 2.75) is 0 Å². The van der Waals surface area contributed by atoms with Gasteiger partial charge in [-0.1, -0.05) is 84.4 Å². The number of carbonyl (C=O) groups excluding carboxylic acids is 4. The lowest BCUT2D eigenvalue weighted by molar-refractivity contribution is 0.0979. The zero-order valence-electron chi connectivity index (χ0n) is 17.2. The Hall–Kier alpha value is -4.15. The van der Waals surface area contributed by atoms with E-state index in [1.165, 1.54) is 0 Å².